The minimum atomic E-state index is 0.574. The second kappa shape index (κ2) is 5.87. The van der Waals surface area contributed by atoms with Gasteiger partial charge in [-0.1, -0.05) is 6.92 Å². The van der Waals surface area contributed by atoms with Crippen molar-refractivity contribution in [2.24, 2.45) is 16.6 Å². The molecule has 2 rings (SSSR count). The van der Waals surface area contributed by atoms with Crippen LogP contribution in [0.1, 0.15) is 29.5 Å². The average molecular weight is 262 g/mol. The molecule has 5 heteroatoms. The molecule has 2 heterocycles. The van der Waals surface area contributed by atoms with Gasteiger partial charge < -0.3 is 10.6 Å². The van der Waals surface area contributed by atoms with Crippen molar-refractivity contribution in [3.63, 3.8) is 0 Å². The molecule has 1 aliphatic rings. The van der Waals surface area contributed by atoms with Crippen molar-refractivity contribution in [1.82, 2.24) is 4.90 Å². The molecule has 2 N–H and O–H groups in total. The van der Waals surface area contributed by atoms with Crippen molar-refractivity contribution < 1.29 is 0 Å². The van der Waals surface area contributed by atoms with Crippen LogP contribution in [0, 0.1) is 17.2 Å². The first-order valence-corrected chi connectivity index (χ1v) is 7.04. The highest BCUT2D eigenvalue weighted by Crippen LogP contribution is 2.18. The van der Waals surface area contributed by atoms with Gasteiger partial charge in [0.2, 0.25) is 0 Å². The van der Waals surface area contributed by atoms with Crippen molar-refractivity contribution in [2.75, 3.05) is 13.1 Å². The molecular weight excluding hydrogens is 244 g/mol. The van der Waals surface area contributed by atoms with Gasteiger partial charge in [0.25, 0.3) is 0 Å². The fraction of sp³-hybridized carbons (Fsp3) is 0.538. The van der Waals surface area contributed by atoms with E-state index in [2.05, 4.69) is 22.9 Å². The van der Waals surface area contributed by atoms with Gasteiger partial charge in [-0.3, -0.25) is 0 Å². The summed E-state index contributed by atoms with van der Waals surface area (Å²) in [5.41, 5.74) is 6.00. The van der Waals surface area contributed by atoms with Crippen molar-refractivity contribution in [2.45, 2.75) is 26.3 Å². The smallest absolute Gasteiger partial charge is 0.191 e. The second-order valence-electron chi connectivity index (χ2n) is 4.72. The van der Waals surface area contributed by atoms with E-state index in [1.54, 1.807) is 0 Å². The van der Waals surface area contributed by atoms with Crippen LogP contribution in [0.5, 0.6) is 0 Å². The number of nitrogens with two attached hydrogens (primary N) is 1. The highest BCUT2D eigenvalue weighted by atomic mass is 32.1. The first-order valence-electron chi connectivity index (χ1n) is 6.22. The highest BCUT2D eigenvalue weighted by Gasteiger charge is 2.16. The van der Waals surface area contributed by atoms with Crippen LogP contribution in [0.15, 0.2) is 17.1 Å². The summed E-state index contributed by atoms with van der Waals surface area (Å²) in [4.78, 5) is 8.37. The van der Waals surface area contributed by atoms with Crippen LogP contribution in [0.25, 0.3) is 0 Å². The summed E-state index contributed by atoms with van der Waals surface area (Å²) in [5.74, 6) is 1.43. The van der Waals surface area contributed by atoms with Crippen molar-refractivity contribution >= 4 is 17.3 Å². The molecule has 1 aromatic heterocycles. The molecule has 18 heavy (non-hydrogen) atoms. The Kier molecular flexibility index (Phi) is 4.21. The van der Waals surface area contributed by atoms with Gasteiger partial charge in [-0.05, 0) is 30.9 Å². The standard InChI is InChI=1S/C13H18N4S/c1-10-4-6-17(7-5-10)13(15)16-9-12-3-2-11(8-14)18-12/h2-3,10H,4-7,9H2,1H3,(H2,15,16). The summed E-state index contributed by atoms with van der Waals surface area (Å²) in [6.07, 6.45) is 2.38. The Bertz CT molecular complexity index is 464. The van der Waals surface area contributed by atoms with E-state index in [9.17, 15) is 0 Å². The van der Waals surface area contributed by atoms with Crippen LogP contribution < -0.4 is 5.73 Å². The number of rotatable bonds is 2. The number of hydrogen-bond donors (Lipinski definition) is 1. The molecule has 1 aromatic rings. The minimum absolute atomic E-state index is 0.574. The molecular formula is C13H18N4S. The summed E-state index contributed by atoms with van der Waals surface area (Å²) in [6, 6.07) is 5.90. The number of guanidine groups is 1. The van der Waals surface area contributed by atoms with Crippen LogP contribution in [0.2, 0.25) is 0 Å². The maximum absolute atomic E-state index is 8.75. The third-order valence-corrected chi connectivity index (χ3v) is 4.25. The molecule has 96 valence electrons. The molecule has 0 aliphatic carbocycles. The summed E-state index contributed by atoms with van der Waals surface area (Å²) < 4.78 is 0. The number of nitriles is 1. The van der Waals surface area contributed by atoms with E-state index in [1.165, 1.54) is 24.2 Å². The number of hydrogen-bond acceptors (Lipinski definition) is 3. The zero-order valence-electron chi connectivity index (χ0n) is 10.6. The number of aliphatic imine (C=N–C) groups is 1. The number of piperidine rings is 1. The lowest BCUT2D eigenvalue weighted by Crippen LogP contribution is -2.42. The predicted octanol–water partition coefficient (Wildman–Crippen LogP) is 2.17. The lowest BCUT2D eigenvalue weighted by atomic mass is 10.00. The Labute approximate surface area is 112 Å². The van der Waals surface area contributed by atoms with Gasteiger partial charge in [-0.25, -0.2) is 4.99 Å². The average Bonchev–Trinajstić information content (AvgIpc) is 2.85. The fourth-order valence-electron chi connectivity index (χ4n) is 2.02. The zero-order chi connectivity index (χ0) is 13.0. The molecule has 0 bridgehead atoms. The van der Waals surface area contributed by atoms with Crippen LogP contribution in [-0.2, 0) is 6.54 Å². The van der Waals surface area contributed by atoms with E-state index in [0.29, 0.717) is 12.5 Å². The third kappa shape index (κ3) is 3.23. The summed E-state index contributed by atoms with van der Waals surface area (Å²) in [5, 5.41) is 8.75. The Morgan fingerprint density at radius 1 is 1.56 bits per heavy atom. The Morgan fingerprint density at radius 2 is 2.28 bits per heavy atom. The largest absolute Gasteiger partial charge is 0.370 e. The maximum Gasteiger partial charge on any atom is 0.191 e. The lowest BCUT2D eigenvalue weighted by molar-refractivity contribution is 0.277. The van der Waals surface area contributed by atoms with Gasteiger partial charge in [-0.2, -0.15) is 5.26 Å². The van der Waals surface area contributed by atoms with Gasteiger partial charge in [0.1, 0.15) is 10.9 Å². The van der Waals surface area contributed by atoms with Crippen LogP contribution in [-0.4, -0.2) is 23.9 Å². The summed E-state index contributed by atoms with van der Waals surface area (Å²) in [6.45, 7) is 4.86. The zero-order valence-corrected chi connectivity index (χ0v) is 11.4. The van der Waals surface area contributed by atoms with Gasteiger partial charge in [-0.15, -0.1) is 11.3 Å². The van der Waals surface area contributed by atoms with E-state index in [-0.39, 0.29) is 0 Å². The number of nitrogens with zero attached hydrogens (tertiary/aromatic N) is 3. The van der Waals surface area contributed by atoms with Crippen molar-refractivity contribution in [3.8, 4) is 6.07 Å². The predicted molar refractivity (Wildman–Crippen MR) is 74.3 cm³/mol. The summed E-state index contributed by atoms with van der Waals surface area (Å²) >= 11 is 1.48. The maximum atomic E-state index is 8.75. The minimum Gasteiger partial charge on any atom is -0.370 e. The van der Waals surface area contributed by atoms with E-state index in [1.807, 2.05) is 12.1 Å². The Morgan fingerprint density at radius 3 is 2.89 bits per heavy atom. The van der Waals surface area contributed by atoms with Crippen LogP contribution in [0.3, 0.4) is 0 Å². The lowest BCUT2D eigenvalue weighted by Gasteiger charge is -2.30. The molecule has 0 radical (unpaired) electrons. The molecule has 0 amide bonds. The first kappa shape index (κ1) is 12.9. The normalized spacial score (nSPS) is 17.8. The highest BCUT2D eigenvalue weighted by molar-refractivity contribution is 7.12. The summed E-state index contributed by atoms with van der Waals surface area (Å²) in [7, 11) is 0. The van der Waals surface area contributed by atoms with Crippen LogP contribution >= 0.6 is 11.3 Å². The third-order valence-electron chi connectivity index (χ3n) is 3.28. The first-order chi connectivity index (χ1) is 8.69. The number of likely N-dealkylation sites (tertiary alicyclic amines) is 1. The van der Waals surface area contributed by atoms with Crippen molar-refractivity contribution in [1.29, 1.82) is 5.26 Å². The van der Waals surface area contributed by atoms with E-state index < -0.39 is 0 Å². The fourth-order valence-corrected chi connectivity index (χ4v) is 2.75. The molecule has 0 saturated carbocycles. The van der Waals surface area contributed by atoms with Gasteiger partial charge >= 0.3 is 0 Å². The van der Waals surface area contributed by atoms with Crippen LogP contribution in [0.4, 0.5) is 0 Å². The Hall–Kier alpha value is -1.54. The van der Waals surface area contributed by atoms with Gasteiger partial charge in [0, 0.05) is 18.0 Å². The monoisotopic (exact) mass is 262 g/mol. The van der Waals surface area contributed by atoms with Gasteiger partial charge in [0.05, 0.1) is 6.54 Å². The van der Waals surface area contributed by atoms with E-state index >= 15 is 0 Å². The molecule has 1 saturated heterocycles. The topological polar surface area (TPSA) is 65.4 Å². The molecule has 0 aromatic carbocycles. The molecule has 1 fully saturated rings. The van der Waals surface area contributed by atoms with Crippen molar-refractivity contribution in [3.05, 3.63) is 21.9 Å². The molecule has 4 nitrogen and oxygen atoms in total. The second-order valence-corrected chi connectivity index (χ2v) is 5.89. The quantitative estimate of drug-likeness (QED) is 0.656. The van der Waals surface area contributed by atoms with Gasteiger partial charge in [0.15, 0.2) is 5.96 Å². The molecule has 0 unspecified atom stereocenters. The molecule has 0 atom stereocenters. The Balaban J connectivity index is 1.90. The van der Waals surface area contributed by atoms with E-state index in [0.717, 1.165) is 28.8 Å². The molecule has 0 spiro atoms. The SMILES string of the molecule is CC1CCN(C(N)=NCc2ccc(C#N)s2)CC1. The number of thiophene rings is 1. The molecule has 1 aliphatic heterocycles. The van der Waals surface area contributed by atoms with E-state index in [4.69, 9.17) is 11.0 Å².